The monoisotopic (exact) mass is 264 g/mol. The lowest BCUT2D eigenvalue weighted by atomic mass is 10.2. The molecule has 2 amide bonds. The summed E-state index contributed by atoms with van der Waals surface area (Å²) in [4.78, 5) is 11.3. The first kappa shape index (κ1) is 14.3. The summed E-state index contributed by atoms with van der Waals surface area (Å²) in [6, 6.07) is 1.46. The summed E-state index contributed by atoms with van der Waals surface area (Å²) in [7, 11) is 0. The quantitative estimate of drug-likeness (QED) is 0.790. The molecule has 0 bridgehead atoms. The Balaban J connectivity index is 2.89. The minimum atomic E-state index is -4.80. The van der Waals surface area contributed by atoms with E-state index in [1.54, 1.807) is 13.8 Å². The number of amides is 2. The van der Waals surface area contributed by atoms with Gasteiger partial charge in [-0.25, -0.2) is 9.18 Å². The summed E-state index contributed by atoms with van der Waals surface area (Å²) in [5.41, 5.74) is -1.54. The van der Waals surface area contributed by atoms with Gasteiger partial charge >= 0.3 is 12.2 Å². The standard InChI is InChI=1S/C11H12F4N2O/c1-6(2)16-10(18)17-7-3-4-9(12)8(5-7)11(13,14)15/h3-6H,1-2H3,(H2,16,17,18). The van der Waals surface area contributed by atoms with E-state index in [1.807, 2.05) is 0 Å². The third kappa shape index (κ3) is 3.90. The van der Waals surface area contributed by atoms with Gasteiger partial charge in [0.2, 0.25) is 0 Å². The molecule has 0 aliphatic heterocycles. The Bertz CT molecular complexity index is 443. The van der Waals surface area contributed by atoms with E-state index in [1.165, 1.54) is 0 Å². The third-order valence-electron chi connectivity index (χ3n) is 1.95. The molecular formula is C11H12F4N2O. The molecule has 1 aromatic rings. The van der Waals surface area contributed by atoms with Gasteiger partial charge in [-0.1, -0.05) is 0 Å². The molecular weight excluding hydrogens is 252 g/mol. The van der Waals surface area contributed by atoms with Gasteiger partial charge < -0.3 is 10.6 Å². The van der Waals surface area contributed by atoms with Crippen molar-refractivity contribution in [1.82, 2.24) is 5.32 Å². The van der Waals surface area contributed by atoms with Crippen LogP contribution in [0.25, 0.3) is 0 Å². The summed E-state index contributed by atoms with van der Waals surface area (Å²) < 4.78 is 50.2. The largest absolute Gasteiger partial charge is 0.419 e. The lowest BCUT2D eigenvalue weighted by Crippen LogP contribution is -2.34. The van der Waals surface area contributed by atoms with E-state index < -0.39 is 23.6 Å². The molecule has 2 N–H and O–H groups in total. The summed E-state index contributed by atoms with van der Waals surface area (Å²) in [6.07, 6.45) is -4.80. The lowest BCUT2D eigenvalue weighted by Gasteiger charge is -2.12. The SMILES string of the molecule is CC(C)NC(=O)Nc1ccc(F)c(C(F)(F)F)c1. The Morgan fingerprint density at radius 2 is 1.89 bits per heavy atom. The molecule has 18 heavy (non-hydrogen) atoms. The molecule has 3 nitrogen and oxygen atoms in total. The van der Waals surface area contributed by atoms with Crippen LogP contribution < -0.4 is 10.6 Å². The van der Waals surface area contributed by atoms with Crippen molar-refractivity contribution in [3.63, 3.8) is 0 Å². The first-order chi connectivity index (χ1) is 8.20. The summed E-state index contributed by atoms with van der Waals surface area (Å²) in [5, 5.41) is 4.64. The number of hydrogen-bond acceptors (Lipinski definition) is 1. The second-order valence-electron chi connectivity index (χ2n) is 3.95. The average Bonchev–Trinajstić information content (AvgIpc) is 2.17. The van der Waals surface area contributed by atoms with E-state index in [4.69, 9.17) is 0 Å². The zero-order valence-electron chi connectivity index (χ0n) is 9.73. The summed E-state index contributed by atoms with van der Waals surface area (Å²) in [5.74, 6) is -1.38. The highest BCUT2D eigenvalue weighted by Crippen LogP contribution is 2.32. The van der Waals surface area contributed by atoms with Crippen LogP contribution >= 0.6 is 0 Å². The number of carbonyl (C=O) groups excluding carboxylic acids is 1. The average molecular weight is 264 g/mol. The number of benzene rings is 1. The second-order valence-corrected chi connectivity index (χ2v) is 3.95. The minimum absolute atomic E-state index is 0.123. The van der Waals surface area contributed by atoms with Crippen molar-refractivity contribution in [3.8, 4) is 0 Å². The van der Waals surface area contributed by atoms with Crippen LogP contribution in [0.2, 0.25) is 0 Å². The fourth-order valence-corrected chi connectivity index (χ4v) is 1.25. The number of alkyl halides is 3. The maximum absolute atomic E-state index is 13.0. The fraction of sp³-hybridized carbons (Fsp3) is 0.364. The number of urea groups is 1. The van der Waals surface area contributed by atoms with Crippen LogP contribution in [0.4, 0.5) is 28.0 Å². The molecule has 0 aromatic heterocycles. The Morgan fingerprint density at radius 3 is 2.39 bits per heavy atom. The molecule has 0 spiro atoms. The highest BCUT2D eigenvalue weighted by molar-refractivity contribution is 5.89. The summed E-state index contributed by atoms with van der Waals surface area (Å²) in [6.45, 7) is 3.40. The van der Waals surface area contributed by atoms with Crippen LogP contribution in [-0.2, 0) is 6.18 Å². The van der Waals surface area contributed by atoms with Crippen LogP contribution in [0.3, 0.4) is 0 Å². The molecule has 0 heterocycles. The van der Waals surface area contributed by atoms with E-state index in [0.29, 0.717) is 12.1 Å². The number of carbonyl (C=O) groups is 1. The van der Waals surface area contributed by atoms with Gasteiger partial charge in [0.05, 0.1) is 5.56 Å². The van der Waals surface area contributed by atoms with Crippen molar-refractivity contribution >= 4 is 11.7 Å². The van der Waals surface area contributed by atoms with Crippen molar-refractivity contribution < 1.29 is 22.4 Å². The Labute approximate surface area is 101 Å². The highest BCUT2D eigenvalue weighted by Gasteiger charge is 2.34. The molecule has 0 fully saturated rings. The van der Waals surface area contributed by atoms with Crippen LogP contribution in [0, 0.1) is 5.82 Å². The van der Waals surface area contributed by atoms with Gasteiger partial charge in [-0.15, -0.1) is 0 Å². The van der Waals surface area contributed by atoms with Crippen molar-refractivity contribution in [3.05, 3.63) is 29.6 Å². The van der Waals surface area contributed by atoms with E-state index >= 15 is 0 Å². The molecule has 100 valence electrons. The second kappa shape index (κ2) is 5.24. The van der Waals surface area contributed by atoms with Gasteiger partial charge in [0, 0.05) is 11.7 Å². The first-order valence-corrected chi connectivity index (χ1v) is 5.14. The molecule has 0 unspecified atom stereocenters. The van der Waals surface area contributed by atoms with Gasteiger partial charge in [0.15, 0.2) is 0 Å². The highest BCUT2D eigenvalue weighted by atomic mass is 19.4. The molecule has 0 saturated carbocycles. The van der Waals surface area contributed by atoms with E-state index in [-0.39, 0.29) is 11.7 Å². The van der Waals surface area contributed by atoms with Crippen molar-refractivity contribution in [1.29, 1.82) is 0 Å². The van der Waals surface area contributed by atoms with Gasteiger partial charge in [-0.3, -0.25) is 0 Å². The Kier molecular flexibility index (Phi) is 4.15. The summed E-state index contributed by atoms with van der Waals surface area (Å²) >= 11 is 0. The van der Waals surface area contributed by atoms with Gasteiger partial charge in [0.25, 0.3) is 0 Å². The number of hydrogen-bond donors (Lipinski definition) is 2. The van der Waals surface area contributed by atoms with E-state index in [9.17, 15) is 22.4 Å². The van der Waals surface area contributed by atoms with Crippen molar-refractivity contribution in [2.24, 2.45) is 0 Å². The third-order valence-corrected chi connectivity index (χ3v) is 1.95. The molecule has 0 aliphatic rings. The zero-order chi connectivity index (χ0) is 13.9. The van der Waals surface area contributed by atoms with E-state index in [0.717, 1.165) is 6.07 Å². The van der Waals surface area contributed by atoms with Crippen LogP contribution in [0.1, 0.15) is 19.4 Å². The van der Waals surface area contributed by atoms with Crippen LogP contribution in [0.5, 0.6) is 0 Å². The molecule has 0 saturated heterocycles. The topological polar surface area (TPSA) is 41.1 Å². The number of rotatable bonds is 2. The Morgan fingerprint density at radius 1 is 1.28 bits per heavy atom. The van der Waals surface area contributed by atoms with Crippen molar-refractivity contribution in [2.75, 3.05) is 5.32 Å². The number of halogens is 4. The van der Waals surface area contributed by atoms with Crippen LogP contribution in [-0.4, -0.2) is 12.1 Å². The molecule has 0 radical (unpaired) electrons. The number of anilines is 1. The minimum Gasteiger partial charge on any atom is -0.336 e. The predicted molar refractivity (Wildman–Crippen MR) is 58.7 cm³/mol. The lowest BCUT2D eigenvalue weighted by molar-refractivity contribution is -0.139. The predicted octanol–water partition coefficient (Wildman–Crippen LogP) is 3.37. The molecule has 7 heteroatoms. The normalized spacial score (nSPS) is 11.5. The smallest absolute Gasteiger partial charge is 0.336 e. The first-order valence-electron chi connectivity index (χ1n) is 5.14. The van der Waals surface area contributed by atoms with Gasteiger partial charge in [0.1, 0.15) is 5.82 Å². The molecule has 0 aliphatic carbocycles. The molecule has 1 aromatic carbocycles. The van der Waals surface area contributed by atoms with Gasteiger partial charge in [-0.2, -0.15) is 13.2 Å². The van der Waals surface area contributed by atoms with E-state index in [2.05, 4.69) is 10.6 Å². The van der Waals surface area contributed by atoms with Gasteiger partial charge in [-0.05, 0) is 32.0 Å². The fourth-order valence-electron chi connectivity index (χ4n) is 1.25. The van der Waals surface area contributed by atoms with Crippen molar-refractivity contribution in [2.45, 2.75) is 26.1 Å². The molecule has 1 rings (SSSR count). The number of nitrogens with one attached hydrogen (secondary N) is 2. The molecule has 0 atom stereocenters. The zero-order valence-corrected chi connectivity index (χ0v) is 9.73. The van der Waals surface area contributed by atoms with Crippen LogP contribution in [0.15, 0.2) is 18.2 Å². The maximum Gasteiger partial charge on any atom is 0.419 e. The Hall–Kier alpha value is -1.79. The maximum atomic E-state index is 13.0.